The first-order valence-electron chi connectivity index (χ1n) is 4.70. The number of pyridine rings is 1. The third-order valence-corrected chi connectivity index (χ3v) is 1.74. The largest absolute Gasteiger partial charge is 0.473 e. The summed E-state index contributed by atoms with van der Waals surface area (Å²) in [4.78, 5) is 4.17. The number of aromatic nitrogens is 1. The summed E-state index contributed by atoms with van der Waals surface area (Å²) < 4.78 is 5.36. The van der Waals surface area contributed by atoms with E-state index in [1.165, 1.54) is 0 Å². The van der Waals surface area contributed by atoms with E-state index in [0.29, 0.717) is 12.5 Å². The molecular weight excluding hydrogens is 176 g/mol. The minimum atomic E-state index is 0.578. The number of hydrogen-bond acceptors (Lipinski definition) is 3. The average Bonchev–Trinajstić information content (AvgIpc) is 2.21. The highest BCUT2D eigenvalue weighted by atomic mass is 16.5. The van der Waals surface area contributed by atoms with Crippen LogP contribution in [0.25, 0.3) is 0 Å². The Balaban J connectivity index is 2.46. The maximum absolute atomic E-state index is 5.36. The van der Waals surface area contributed by atoms with Crippen molar-refractivity contribution in [3.63, 3.8) is 0 Å². The van der Waals surface area contributed by atoms with Gasteiger partial charge < -0.3 is 10.1 Å². The van der Waals surface area contributed by atoms with Crippen molar-refractivity contribution in [3.05, 3.63) is 36.0 Å². The second-order valence-electron chi connectivity index (χ2n) is 2.92. The lowest BCUT2D eigenvalue weighted by Gasteiger charge is -2.03. The molecule has 0 amide bonds. The Kier molecular flexibility index (Phi) is 4.72. The van der Waals surface area contributed by atoms with Crippen LogP contribution in [-0.2, 0) is 6.54 Å². The van der Waals surface area contributed by atoms with Crippen molar-refractivity contribution in [3.8, 4) is 5.88 Å². The van der Waals surface area contributed by atoms with E-state index in [2.05, 4.69) is 10.3 Å². The van der Waals surface area contributed by atoms with Crippen LogP contribution in [0.15, 0.2) is 30.5 Å². The minimum Gasteiger partial charge on any atom is -0.473 e. The molecule has 0 aliphatic rings. The molecule has 0 bridgehead atoms. The van der Waals surface area contributed by atoms with E-state index in [1.807, 2.05) is 44.5 Å². The molecule has 0 fully saturated rings. The van der Waals surface area contributed by atoms with Crippen LogP contribution in [0.3, 0.4) is 0 Å². The number of hydrogen-bond donors (Lipinski definition) is 1. The molecule has 0 saturated carbocycles. The van der Waals surface area contributed by atoms with Gasteiger partial charge >= 0.3 is 0 Å². The molecule has 0 spiro atoms. The van der Waals surface area contributed by atoms with Gasteiger partial charge in [0.25, 0.3) is 0 Å². The Morgan fingerprint density at radius 2 is 2.36 bits per heavy atom. The molecule has 0 saturated heterocycles. The molecule has 0 atom stereocenters. The van der Waals surface area contributed by atoms with E-state index in [1.54, 1.807) is 0 Å². The van der Waals surface area contributed by atoms with E-state index < -0.39 is 0 Å². The first-order valence-corrected chi connectivity index (χ1v) is 4.70. The van der Waals surface area contributed by atoms with Gasteiger partial charge in [0.1, 0.15) is 6.61 Å². The molecule has 0 aliphatic heterocycles. The summed E-state index contributed by atoms with van der Waals surface area (Å²) in [5.41, 5.74) is 1.16. The predicted octanol–water partition coefficient (Wildman–Crippen LogP) is 1.76. The van der Waals surface area contributed by atoms with Crippen LogP contribution in [-0.4, -0.2) is 18.6 Å². The Hall–Kier alpha value is -1.35. The van der Waals surface area contributed by atoms with Gasteiger partial charge in [-0.05, 0) is 19.5 Å². The smallest absolute Gasteiger partial charge is 0.213 e. The fraction of sp³-hybridized carbons (Fsp3) is 0.364. The minimum absolute atomic E-state index is 0.578. The topological polar surface area (TPSA) is 34.1 Å². The first kappa shape index (κ1) is 10.7. The lowest BCUT2D eigenvalue weighted by atomic mass is 10.3. The van der Waals surface area contributed by atoms with Gasteiger partial charge in [0.15, 0.2) is 0 Å². The van der Waals surface area contributed by atoms with E-state index in [-0.39, 0.29) is 0 Å². The van der Waals surface area contributed by atoms with Crippen LogP contribution in [0, 0.1) is 0 Å². The van der Waals surface area contributed by atoms with E-state index in [4.69, 9.17) is 4.74 Å². The number of nitrogens with zero attached hydrogens (tertiary/aromatic N) is 1. The van der Waals surface area contributed by atoms with Crippen LogP contribution in [0.5, 0.6) is 5.88 Å². The standard InChI is InChI=1S/C11H16N2O/c1-3-4-7-14-11-6-5-10(8-12-2)9-13-11/h3-6,9,12H,7-8H2,1-2H3. The van der Waals surface area contributed by atoms with Gasteiger partial charge in [0.05, 0.1) is 0 Å². The van der Waals surface area contributed by atoms with Crippen molar-refractivity contribution in [2.45, 2.75) is 13.5 Å². The van der Waals surface area contributed by atoms with Gasteiger partial charge in [0.2, 0.25) is 5.88 Å². The maximum Gasteiger partial charge on any atom is 0.213 e. The summed E-state index contributed by atoms with van der Waals surface area (Å²) in [7, 11) is 1.91. The number of allylic oxidation sites excluding steroid dienone is 1. The third-order valence-electron chi connectivity index (χ3n) is 1.74. The second kappa shape index (κ2) is 6.16. The molecule has 14 heavy (non-hydrogen) atoms. The van der Waals surface area contributed by atoms with Crippen molar-refractivity contribution in [2.24, 2.45) is 0 Å². The summed E-state index contributed by atoms with van der Waals surface area (Å²) in [5.74, 6) is 0.669. The van der Waals surface area contributed by atoms with Crippen LogP contribution < -0.4 is 10.1 Å². The fourth-order valence-corrected chi connectivity index (χ4v) is 1.03. The summed E-state index contributed by atoms with van der Waals surface area (Å²) in [5, 5.41) is 3.06. The Morgan fingerprint density at radius 1 is 1.50 bits per heavy atom. The SMILES string of the molecule is CC=CCOc1ccc(CNC)cn1. The Labute approximate surface area is 84.8 Å². The zero-order valence-electron chi connectivity index (χ0n) is 8.66. The van der Waals surface area contributed by atoms with Gasteiger partial charge in [0, 0.05) is 18.8 Å². The highest BCUT2D eigenvalue weighted by molar-refractivity contribution is 5.17. The highest BCUT2D eigenvalue weighted by Crippen LogP contribution is 2.07. The van der Waals surface area contributed by atoms with Crippen LogP contribution in [0.1, 0.15) is 12.5 Å². The van der Waals surface area contributed by atoms with Crippen molar-refractivity contribution >= 4 is 0 Å². The molecule has 1 heterocycles. The van der Waals surface area contributed by atoms with Crippen molar-refractivity contribution in [1.82, 2.24) is 10.3 Å². The van der Waals surface area contributed by atoms with Crippen LogP contribution in [0.2, 0.25) is 0 Å². The number of ether oxygens (including phenoxy) is 1. The van der Waals surface area contributed by atoms with Crippen LogP contribution in [0.4, 0.5) is 0 Å². The van der Waals surface area contributed by atoms with E-state index in [0.717, 1.165) is 12.1 Å². The second-order valence-corrected chi connectivity index (χ2v) is 2.92. The molecule has 1 aromatic rings. The van der Waals surface area contributed by atoms with Crippen molar-refractivity contribution in [2.75, 3.05) is 13.7 Å². The monoisotopic (exact) mass is 192 g/mol. The lowest BCUT2D eigenvalue weighted by Crippen LogP contribution is -2.05. The lowest BCUT2D eigenvalue weighted by molar-refractivity contribution is 0.348. The Morgan fingerprint density at radius 3 is 2.93 bits per heavy atom. The molecule has 0 radical (unpaired) electrons. The molecular formula is C11H16N2O. The molecule has 1 aromatic heterocycles. The molecule has 3 nitrogen and oxygen atoms in total. The summed E-state index contributed by atoms with van der Waals surface area (Å²) >= 11 is 0. The fourth-order valence-electron chi connectivity index (χ4n) is 1.03. The average molecular weight is 192 g/mol. The molecule has 0 aromatic carbocycles. The maximum atomic E-state index is 5.36. The summed E-state index contributed by atoms with van der Waals surface area (Å²) in [6.07, 6.45) is 5.72. The van der Waals surface area contributed by atoms with Crippen molar-refractivity contribution in [1.29, 1.82) is 0 Å². The highest BCUT2D eigenvalue weighted by Gasteiger charge is 1.94. The Bertz CT molecular complexity index is 280. The third kappa shape index (κ3) is 3.58. The van der Waals surface area contributed by atoms with Gasteiger partial charge in [-0.2, -0.15) is 0 Å². The van der Waals surface area contributed by atoms with E-state index >= 15 is 0 Å². The molecule has 1 rings (SSSR count). The number of nitrogens with one attached hydrogen (secondary N) is 1. The van der Waals surface area contributed by atoms with Gasteiger partial charge in [-0.25, -0.2) is 4.98 Å². The first-order chi connectivity index (χ1) is 6.86. The van der Waals surface area contributed by atoms with Crippen LogP contribution >= 0.6 is 0 Å². The molecule has 1 N–H and O–H groups in total. The molecule has 0 aliphatic carbocycles. The van der Waals surface area contributed by atoms with Crippen molar-refractivity contribution < 1.29 is 4.74 Å². The van der Waals surface area contributed by atoms with Gasteiger partial charge in [-0.3, -0.25) is 0 Å². The molecule has 76 valence electrons. The van der Waals surface area contributed by atoms with E-state index in [9.17, 15) is 0 Å². The quantitative estimate of drug-likeness (QED) is 0.722. The molecule has 3 heteroatoms. The number of rotatable bonds is 5. The predicted molar refractivity (Wildman–Crippen MR) is 57.3 cm³/mol. The zero-order chi connectivity index (χ0) is 10.2. The zero-order valence-corrected chi connectivity index (χ0v) is 8.66. The summed E-state index contributed by atoms with van der Waals surface area (Å²) in [6.45, 7) is 3.38. The van der Waals surface area contributed by atoms with Gasteiger partial charge in [-0.15, -0.1) is 0 Å². The molecule has 0 unspecified atom stereocenters. The van der Waals surface area contributed by atoms with Gasteiger partial charge in [-0.1, -0.05) is 18.2 Å². The normalized spacial score (nSPS) is 10.7. The summed E-state index contributed by atoms with van der Waals surface area (Å²) in [6, 6.07) is 3.89.